The van der Waals surface area contributed by atoms with Crippen LogP contribution < -0.4 is 0 Å². The van der Waals surface area contributed by atoms with Crippen LogP contribution in [0.4, 0.5) is 0 Å². The molecule has 10 rings (SSSR count). The lowest BCUT2D eigenvalue weighted by Gasteiger charge is -2.15. The van der Waals surface area contributed by atoms with Crippen molar-refractivity contribution in [3.05, 3.63) is 186 Å². The molecule has 258 valence electrons. The second-order valence-corrected chi connectivity index (χ2v) is 14.4. The van der Waals surface area contributed by atoms with Gasteiger partial charge in [0.05, 0.1) is 5.52 Å². The maximum atomic E-state index is 6.36. The normalized spacial score (nSPS) is 12.4. The predicted octanol–water partition coefficient (Wildman–Crippen LogP) is 13.7. The van der Waals surface area contributed by atoms with Gasteiger partial charge in [-0.05, 0) is 125 Å². The highest BCUT2D eigenvalue weighted by molar-refractivity contribution is 5.99. The maximum Gasteiger partial charge on any atom is 0.227 e. The summed E-state index contributed by atoms with van der Waals surface area (Å²) in [6, 6.07) is 56.7. The average Bonchev–Trinajstić information content (AvgIpc) is 3.80. The van der Waals surface area contributed by atoms with Gasteiger partial charge < -0.3 is 8.98 Å². The van der Waals surface area contributed by atoms with Crippen molar-refractivity contribution in [1.29, 1.82) is 0 Å². The Morgan fingerprint density at radius 1 is 0.556 bits per heavy atom. The van der Waals surface area contributed by atoms with Gasteiger partial charge in [0.25, 0.3) is 0 Å². The zero-order chi connectivity index (χ0) is 36.2. The third-order valence-corrected chi connectivity index (χ3v) is 10.9. The Morgan fingerprint density at radius 2 is 1.20 bits per heavy atom. The molecular formula is C51H38N2O. The zero-order valence-corrected chi connectivity index (χ0v) is 30.4. The largest absolute Gasteiger partial charge is 0.436 e. The fourth-order valence-electron chi connectivity index (χ4n) is 8.35. The molecule has 7 aromatic carbocycles. The van der Waals surface area contributed by atoms with E-state index >= 15 is 0 Å². The van der Waals surface area contributed by atoms with Crippen LogP contribution in [0.3, 0.4) is 0 Å². The number of aromatic nitrogens is 2. The van der Waals surface area contributed by atoms with Gasteiger partial charge in [-0.2, -0.15) is 0 Å². The number of hydrogen-bond acceptors (Lipinski definition) is 2. The zero-order valence-electron chi connectivity index (χ0n) is 30.4. The standard InChI is InChI=1S/C51H38N2O/c1-33-20-27-40(34(2)30-33)38-25-28-47-50(32-38)54-51(52-47)36-23-21-35(22-24-36)41-14-6-8-16-43(41)44-17-9-7-15-42(44)37-26-29-49-46(31-37)45-18-10-11-19-48(45)53(49)39-12-4-3-5-13-39/h3-10,12-18,20-32H,11,19H2,1-2H3. The molecule has 3 nitrogen and oxygen atoms in total. The smallest absolute Gasteiger partial charge is 0.227 e. The van der Waals surface area contributed by atoms with Crippen LogP contribution in [-0.4, -0.2) is 9.55 Å². The average molecular weight is 695 g/mol. The second-order valence-electron chi connectivity index (χ2n) is 14.4. The third-order valence-electron chi connectivity index (χ3n) is 10.9. The van der Waals surface area contributed by atoms with Crippen LogP contribution in [0.1, 0.15) is 28.8 Å². The summed E-state index contributed by atoms with van der Waals surface area (Å²) in [4.78, 5) is 4.86. The minimum absolute atomic E-state index is 0.626. The summed E-state index contributed by atoms with van der Waals surface area (Å²) in [6.07, 6.45) is 6.73. The van der Waals surface area contributed by atoms with Crippen molar-refractivity contribution in [2.75, 3.05) is 0 Å². The molecule has 0 saturated heterocycles. The van der Waals surface area contributed by atoms with E-state index in [9.17, 15) is 0 Å². The number of nitrogens with zero attached hydrogens (tertiary/aromatic N) is 2. The summed E-state index contributed by atoms with van der Waals surface area (Å²) in [6.45, 7) is 4.28. The van der Waals surface area contributed by atoms with E-state index in [2.05, 4.69) is 188 Å². The van der Waals surface area contributed by atoms with Crippen LogP contribution >= 0.6 is 0 Å². The van der Waals surface area contributed by atoms with Gasteiger partial charge >= 0.3 is 0 Å². The van der Waals surface area contributed by atoms with Crippen LogP contribution in [0, 0.1) is 13.8 Å². The first kappa shape index (κ1) is 32.0. The van der Waals surface area contributed by atoms with Gasteiger partial charge in [0, 0.05) is 27.9 Å². The maximum absolute atomic E-state index is 6.36. The van der Waals surface area contributed by atoms with Crippen LogP contribution in [0.15, 0.2) is 168 Å². The van der Waals surface area contributed by atoms with Crippen molar-refractivity contribution in [3.8, 4) is 61.6 Å². The topological polar surface area (TPSA) is 31.0 Å². The molecule has 3 heteroatoms. The molecule has 0 N–H and O–H groups in total. The monoisotopic (exact) mass is 694 g/mol. The van der Waals surface area contributed by atoms with E-state index in [1.165, 1.54) is 72.4 Å². The Labute approximate surface area is 315 Å². The molecule has 0 amide bonds. The van der Waals surface area contributed by atoms with Gasteiger partial charge in [-0.15, -0.1) is 0 Å². The minimum Gasteiger partial charge on any atom is -0.436 e. The van der Waals surface area contributed by atoms with Gasteiger partial charge in [-0.1, -0.05) is 127 Å². The molecule has 0 saturated carbocycles. The van der Waals surface area contributed by atoms with E-state index in [0.29, 0.717) is 5.89 Å². The molecule has 2 aromatic heterocycles. The van der Waals surface area contributed by atoms with Crippen molar-refractivity contribution in [2.45, 2.75) is 26.7 Å². The number of fused-ring (bicyclic) bond motifs is 4. The van der Waals surface area contributed by atoms with Gasteiger partial charge in [0.15, 0.2) is 5.58 Å². The number of para-hydroxylation sites is 1. The van der Waals surface area contributed by atoms with Gasteiger partial charge in [-0.25, -0.2) is 4.98 Å². The minimum atomic E-state index is 0.626. The highest BCUT2D eigenvalue weighted by atomic mass is 16.3. The fourth-order valence-corrected chi connectivity index (χ4v) is 8.35. The van der Waals surface area contributed by atoms with Crippen molar-refractivity contribution in [1.82, 2.24) is 9.55 Å². The molecular weight excluding hydrogens is 657 g/mol. The summed E-state index contributed by atoms with van der Waals surface area (Å²) >= 11 is 0. The molecule has 54 heavy (non-hydrogen) atoms. The van der Waals surface area contributed by atoms with E-state index in [1.54, 1.807) is 0 Å². The van der Waals surface area contributed by atoms with Crippen LogP contribution in [0.25, 0.3) is 89.7 Å². The lowest BCUT2D eigenvalue weighted by Crippen LogP contribution is -2.02. The lowest BCUT2D eigenvalue weighted by atomic mass is 9.88. The van der Waals surface area contributed by atoms with Crippen molar-refractivity contribution in [3.63, 3.8) is 0 Å². The number of benzene rings is 7. The molecule has 0 atom stereocenters. The molecule has 0 aliphatic heterocycles. The lowest BCUT2D eigenvalue weighted by molar-refractivity contribution is 0.620. The van der Waals surface area contributed by atoms with E-state index in [0.717, 1.165) is 40.6 Å². The first-order valence-electron chi connectivity index (χ1n) is 18.8. The highest BCUT2D eigenvalue weighted by Crippen LogP contribution is 2.42. The molecule has 2 heterocycles. The van der Waals surface area contributed by atoms with E-state index < -0.39 is 0 Å². The quantitative estimate of drug-likeness (QED) is 0.173. The third kappa shape index (κ3) is 5.48. The summed E-state index contributed by atoms with van der Waals surface area (Å²) in [5.74, 6) is 0.626. The number of hydrogen-bond donors (Lipinski definition) is 0. The molecule has 0 bridgehead atoms. The van der Waals surface area contributed by atoms with Crippen LogP contribution in [0.2, 0.25) is 0 Å². The molecule has 0 fully saturated rings. The SMILES string of the molecule is Cc1ccc(-c2ccc3nc(-c4ccc(-c5ccccc5-c5ccccc5-c5ccc6c(c5)c5c(n6-c6ccccc6)CCC=C5)cc4)oc3c2)c(C)c1. The van der Waals surface area contributed by atoms with Gasteiger partial charge in [-0.3, -0.25) is 0 Å². The highest BCUT2D eigenvalue weighted by Gasteiger charge is 2.20. The summed E-state index contributed by atoms with van der Waals surface area (Å²) in [7, 11) is 0. The number of oxazole rings is 1. The summed E-state index contributed by atoms with van der Waals surface area (Å²) < 4.78 is 8.81. The molecule has 0 unspecified atom stereocenters. The van der Waals surface area contributed by atoms with E-state index in [4.69, 9.17) is 9.40 Å². The fraction of sp³-hybridized carbons (Fsp3) is 0.0784. The van der Waals surface area contributed by atoms with E-state index in [1.807, 2.05) is 0 Å². The molecule has 0 radical (unpaired) electrons. The Hall–Kier alpha value is -6.71. The summed E-state index contributed by atoms with van der Waals surface area (Å²) in [5.41, 5.74) is 19.8. The Morgan fingerprint density at radius 3 is 1.96 bits per heavy atom. The Balaban J connectivity index is 1.01. The molecule has 0 spiro atoms. The molecule has 1 aliphatic rings. The predicted molar refractivity (Wildman–Crippen MR) is 225 cm³/mol. The number of allylic oxidation sites excluding steroid dienone is 1. The Kier molecular flexibility index (Phi) is 7.73. The number of rotatable bonds is 6. The first-order chi connectivity index (χ1) is 26.6. The van der Waals surface area contributed by atoms with Crippen molar-refractivity contribution >= 4 is 28.1 Å². The van der Waals surface area contributed by atoms with Crippen molar-refractivity contribution < 1.29 is 4.42 Å². The first-order valence-corrected chi connectivity index (χ1v) is 18.8. The molecule has 1 aliphatic carbocycles. The van der Waals surface area contributed by atoms with Crippen LogP contribution in [0.5, 0.6) is 0 Å². The van der Waals surface area contributed by atoms with Crippen LogP contribution in [-0.2, 0) is 6.42 Å². The molecule has 9 aromatic rings. The Bertz CT molecular complexity index is 2890. The second kappa shape index (κ2) is 13.1. The number of aryl methyl sites for hydroxylation is 2. The van der Waals surface area contributed by atoms with Gasteiger partial charge in [0.1, 0.15) is 5.52 Å². The van der Waals surface area contributed by atoms with Crippen molar-refractivity contribution in [2.24, 2.45) is 0 Å². The van der Waals surface area contributed by atoms with Gasteiger partial charge in [0.2, 0.25) is 5.89 Å². The van der Waals surface area contributed by atoms with E-state index in [-0.39, 0.29) is 0 Å². The summed E-state index contributed by atoms with van der Waals surface area (Å²) in [5, 5.41) is 1.29.